The van der Waals surface area contributed by atoms with Crippen LogP contribution in [0.3, 0.4) is 0 Å². The molecule has 1 aromatic rings. The van der Waals surface area contributed by atoms with Crippen molar-refractivity contribution in [3.8, 4) is 0 Å². The first kappa shape index (κ1) is 14.1. The highest BCUT2D eigenvalue weighted by Gasteiger charge is 2.18. The first-order valence-corrected chi connectivity index (χ1v) is 7.38. The molecule has 1 fully saturated rings. The molecule has 1 aromatic carbocycles. The first-order valence-electron chi connectivity index (χ1n) is 7.38. The summed E-state index contributed by atoms with van der Waals surface area (Å²) in [4.78, 5) is 14.5. The number of amides is 1. The average molecular weight is 259 g/mol. The van der Waals surface area contributed by atoms with Gasteiger partial charge in [-0.1, -0.05) is 45.7 Å². The molecular formula is C17H25NO. The summed E-state index contributed by atoms with van der Waals surface area (Å²) in [7, 11) is 0. The van der Waals surface area contributed by atoms with Crippen LogP contribution in [-0.4, -0.2) is 23.9 Å². The second kappa shape index (κ2) is 5.77. The average Bonchev–Trinajstić information content (AvgIpc) is 2.66. The van der Waals surface area contributed by atoms with Crippen molar-refractivity contribution in [3.05, 3.63) is 35.4 Å². The van der Waals surface area contributed by atoms with Crippen molar-refractivity contribution in [1.29, 1.82) is 0 Å². The van der Waals surface area contributed by atoms with E-state index in [4.69, 9.17) is 0 Å². The Morgan fingerprint density at radius 2 is 1.47 bits per heavy atom. The maximum absolute atomic E-state index is 12.4. The molecule has 0 radical (unpaired) electrons. The van der Waals surface area contributed by atoms with Crippen LogP contribution in [0.15, 0.2) is 24.3 Å². The predicted octanol–water partition coefficient (Wildman–Crippen LogP) is 4.00. The van der Waals surface area contributed by atoms with E-state index in [2.05, 4.69) is 32.9 Å². The fourth-order valence-corrected chi connectivity index (χ4v) is 2.57. The molecule has 0 atom stereocenters. The Hall–Kier alpha value is -1.31. The Morgan fingerprint density at radius 1 is 0.947 bits per heavy atom. The number of rotatable bonds is 1. The van der Waals surface area contributed by atoms with Crippen LogP contribution in [0.4, 0.5) is 0 Å². The fraction of sp³-hybridized carbons (Fsp3) is 0.588. The van der Waals surface area contributed by atoms with Gasteiger partial charge in [-0.15, -0.1) is 0 Å². The summed E-state index contributed by atoms with van der Waals surface area (Å²) in [5, 5.41) is 0. The second-order valence-corrected chi connectivity index (χ2v) is 6.53. The zero-order valence-corrected chi connectivity index (χ0v) is 12.4. The van der Waals surface area contributed by atoms with Gasteiger partial charge in [-0.25, -0.2) is 0 Å². The first-order chi connectivity index (χ1) is 8.98. The SMILES string of the molecule is CC(C)(C)c1ccc(C(=O)N2CCCCCC2)cc1. The smallest absolute Gasteiger partial charge is 0.253 e. The van der Waals surface area contributed by atoms with E-state index >= 15 is 0 Å². The van der Waals surface area contributed by atoms with Crippen LogP contribution in [0.2, 0.25) is 0 Å². The molecule has 0 saturated carbocycles. The number of benzene rings is 1. The van der Waals surface area contributed by atoms with Gasteiger partial charge < -0.3 is 4.90 Å². The van der Waals surface area contributed by atoms with Gasteiger partial charge in [0.05, 0.1) is 0 Å². The molecule has 1 saturated heterocycles. The van der Waals surface area contributed by atoms with Gasteiger partial charge in [0.2, 0.25) is 0 Å². The van der Waals surface area contributed by atoms with Crippen LogP contribution in [0.5, 0.6) is 0 Å². The van der Waals surface area contributed by atoms with Crippen LogP contribution < -0.4 is 0 Å². The minimum Gasteiger partial charge on any atom is -0.339 e. The Balaban J connectivity index is 2.10. The molecule has 1 amide bonds. The Labute approximate surface area is 116 Å². The molecule has 1 heterocycles. The molecule has 0 aliphatic carbocycles. The number of carbonyl (C=O) groups is 1. The van der Waals surface area contributed by atoms with Gasteiger partial charge in [0.1, 0.15) is 0 Å². The molecule has 0 unspecified atom stereocenters. The molecule has 0 aromatic heterocycles. The normalized spacial score (nSPS) is 17.1. The molecule has 0 bridgehead atoms. The van der Waals surface area contributed by atoms with E-state index in [0.717, 1.165) is 31.5 Å². The van der Waals surface area contributed by atoms with Crippen LogP contribution >= 0.6 is 0 Å². The Bertz CT molecular complexity index is 420. The maximum atomic E-state index is 12.4. The largest absolute Gasteiger partial charge is 0.339 e. The zero-order valence-electron chi connectivity index (χ0n) is 12.4. The van der Waals surface area contributed by atoms with Gasteiger partial charge in [-0.3, -0.25) is 4.79 Å². The summed E-state index contributed by atoms with van der Waals surface area (Å²) in [5.74, 6) is 0.197. The standard InChI is InChI=1S/C17H25NO/c1-17(2,3)15-10-8-14(9-11-15)16(19)18-12-6-4-5-7-13-18/h8-11H,4-7,12-13H2,1-3H3. The molecular weight excluding hydrogens is 234 g/mol. The summed E-state index contributed by atoms with van der Waals surface area (Å²) >= 11 is 0. The van der Waals surface area contributed by atoms with E-state index in [1.165, 1.54) is 18.4 Å². The predicted molar refractivity (Wildman–Crippen MR) is 79.5 cm³/mol. The highest BCUT2D eigenvalue weighted by Crippen LogP contribution is 2.23. The lowest BCUT2D eigenvalue weighted by Crippen LogP contribution is -2.31. The van der Waals surface area contributed by atoms with Crippen LogP contribution in [0, 0.1) is 0 Å². The lowest BCUT2D eigenvalue weighted by molar-refractivity contribution is 0.0761. The molecule has 2 heteroatoms. The molecule has 19 heavy (non-hydrogen) atoms. The number of nitrogens with zero attached hydrogens (tertiary/aromatic N) is 1. The van der Waals surface area contributed by atoms with Crippen molar-refractivity contribution in [1.82, 2.24) is 4.90 Å². The second-order valence-electron chi connectivity index (χ2n) is 6.53. The van der Waals surface area contributed by atoms with E-state index in [1.807, 2.05) is 17.0 Å². The van der Waals surface area contributed by atoms with E-state index in [9.17, 15) is 4.79 Å². The van der Waals surface area contributed by atoms with Gasteiger partial charge in [-0.2, -0.15) is 0 Å². The van der Waals surface area contributed by atoms with Gasteiger partial charge in [0.25, 0.3) is 5.91 Å². The van der Waals surface area contributed by atoms with E-state index in [0.29, 0.717) is 0 Å². The van der Waals surface area contributed by atoms with Crippen molar-refractivity contribution in [2.45, 2.75) is 51.9 Å². The molecule has 1 aliphatic rings. The third kappa shape index (κ3) is 3.59. The zero-order chi connectivity index (χ0) is 13.9. The topological polar surface area (TPSA) is 20.3 Å². The van der Waals surface area contributed by atoms with Gasteiger partial charge in [0.15, 0.2) is 0 Å². The minimum atomic E-state index is 0.143. The van der Waals surface area contributed by atoms with Crippen LogP contribution in [0.25, 0.3) is 0 Å². The van der Waals surface area contributed by atoms with E-state index in [1.54, 1.807) is 0 Å². The molecule has 0 spiro atoms. The van der Waals surface area contributed by atoms with Gasteiger partial charge in [-0.05, 0) is 36.0 Å². The lowest BCUT2D eigenvalue weighted by atomic mass is 9.86. The van der Waals surface area contributed by atoms with E-state index in [-0.39, 0.29) is 11.3 Å². The minimum absolute atomic E-state index is 0.143. The molecule has 104 valence electrons. The highest BCUT2D eigenvalue weighted by molar-refractivity contribution is 5.94. The highest BCUT2D eigenvalue weighted by atomic mass is 16.2. The summed E-state index contributed by atoms with van der Waals surface area (Å²) in [6.07, 6.45) is 4.80. The third-order valence-corrected chi connectivity index (χ3v) is 3.89. The van der Waals surface area contributed by atoms with Crippen molar-refractivity contribution in [3.63, 3.8) is 0 Å². The summed E-state index contributed by atoms with van der Waals surface area (Å²) in [5.41, 5.74) is 2.25. The molecule has 2 rings (SSSR count). The van der Waals surface area contributed by atoms with Crippen molar-refractivity contribution < 1.29 is 4.79 Å². The van der Waals surface area contributed by atoms with Gasteiger partial charge >= 0.3 is 0 Å². The number of likely N-dealkylation sites (tertiary alicyclic amines) is 1. The molecule has 1 aliphatic heterocycles. The van der Waals surface area contributed by atoms with Crippen molar-refractivity contribution >= 4 is 5.91 Å². The third-order valence-electron chi connectivity index (χ3n) is 3.89. The Kier molecular flexibility index (Phi) is 4.28. The van der Waals surface area contributed by atoms with Crippen molar-refractivity contribution in [2.75, 3.05) is 13.1 Å². The number of carbonyl (C=O) groups excluding carboxylic acids is 1. The number of hydrogen-bond acceptors (Lipinski definition) is 1. The molecule has 2 nitrogen and oxygen atoms in total. The van der Waals surface area contributed by atoms with Crippen LogP contribution in [-0.2, 0) is 5.41 Å². The quantitative estimate of drug-likeness (QED) is 0.746. The van der Waals surface area contributed by atoms with Crippen LogP contribution in [0.1, 0.15) is 62.4 Å². The maximum Gasteiger partial charge on any atom is 0.253 e. The summed E-state index contributed by atoms with van der Waals surface area (Å²) < 4.78 is 0. The van der Waals surface area contributed by atoms with Crippen molar-refractivity contribution in [2.24, 2.45) is 0 Å². The van der Waals surface area contributed by atoms with Gasteiger partial charge in [0, 0.05) is 18.7 Å². The number of hydrogen-bond donors (Lipinski definition) is 0. The fourth-order valence-electron chi connectivity index (χ4n) is 2.57. The monoisotopic (exact) mass is 259 g/mol. The summed E-state index contributed by atoms with van der Waals surface area (Å²) in [6.45, 7) is 8.41. The van der Waals surface area contributed by atoms with E-state index < -0.39 is 0 Å². The molecule has 0 N–H and O–H groups in total. The lowest BCUT2D eigenvalue weighted by Gasteiger charge is -2.22. The summed E-state index contributed by atoms with van der Waals surface area (Å²) in [6, 6.07) is 8.14. The Morgan fingerprint density at radius 3 is 1.95 bits per heavy atom.